The molecule has 0 aliphatic carbocycles. The van der Waals surface area contributed by atoms with Crippen LogP contribution in [0.5, 0.6) is 0 Å². The second-order valence-electron chi connectivity index (χ2n) is 4.71. The van der Waals surface area contributed by atoms with Crippen LogP contribution >= 0.6 is 0 Å². The summed E-state index contributed by atoms with van der Waals surface area (Å²) in [4.78, 5) is 22.3. The van der Waals surface area contributed by atoms with Crippen LogP contribution in [0.3, 0.4) is 0 Å². The molecule has 1 amide bonds. The molecule has 1 fully saturated rings. The number of amides is 1. The number of fused-ring (bicyclic) bond motifs is 1. The first-order valence-electron chi connectivity index (χ1n) is 6.29. The lowest BCUT2D eigenvalue weighted by atomic mass is 10.2. The van der Waals surface area contributed by atoms with Crippen molar-refractivity contribution in [1.82, 2.24) is 24.5 Å². The summed E-state index contributed by atoms with van der Waals surface area (Å²) in [6.07, 6.45) is 4.72. The van der Waals surface area contributed by atoms with Crippen molar-refractivity contribution in [3.05, 3.63) is 23.8 Å². The summed E-state index contributed by atoms with van der Waals surface area (Å²) < 4.78 is 1.55. The number of carbonyl (C=O) groups is 1. The summed E-state index contributed by atoms with van der Waals surface area (Å²) in [5.41, 5.74) is 1.23. The van der Waals surface area contributed by atoms with Crippen molar-refractivity contribution in [3.63, 3.8) is 0 Å². The molecule has 2 aromatic rings. The molecule has 1 unspecified atom stereocenters. The lowest BCUT2D eigenvalue weighted by molar-refractivity contribution is 0.0675. The molecule has 0 spiro atoms. The summed E-state index contributed by atoms with van der Waals surface area (Å²) in [6.45, 7) is 2.50. The lowest BCUT2D eigenvalue weighted by Crippen LogP contribution is -2.38. The van der Waals surface area contributed by atoms with Gasteiger partial charge in [-0.05, 0) is 19.8 Å². The molecule has 0 radical (unpaired) electrons. The van der Waals surface area contributed by atoms with E-state index >= 15 is 0 Å². The van der Waals surface area contributed by atoms with Crippen molar-refractivity contribution in [1.29, 1.82) is 0 Å². The Labute approximate surface area is 109 Å². The second kappa shape index (κ2) is 4.58. The highest BCUT2D eigenvalue weighted by Crippen LogP contribution is 2.20. The standard InChI is InChI=1S/C12H15N5O2/c1-8-10(5-13-12-14-7-15-17(8)12)11(19)16-4-2-3-9(16)6-18/h5,7,9,18H,2-4,6H2,1H3. The third kappa shape index (κ3) is 1.86. The van der Waals surface area contributed by atoms with Crippen LogP contribution in [0.1, 0.15) is 28.9 Å². The van der Waals surface area contributed by atoms with E-state index in [0.29, 0.717) is 17.9 Å². The third-order valence-corrected chi connectivity index (χ3v) is 3.63. The van der Waals surface area contributed by atoms with Crippen molar-refractivity contribution in [2.45, 2.75) is 25.8 Å². The summed E-state index contributed by atoms with van der Waals surface area (Å²) in [5, 5.41) is 13.4. The van der Waals surface area contributed by atoms with E-state index in [4.69, 9.17) is 0 Å². The van der Waals surface area contributed by atoms with E-state index in [-0.39, 0.29) is 18.6 Å². The molecule has 0 aromatic carbocycles. The van der Waals surface area contributed by atoms with Crippen molar-refractivity contribution in [2.75, 3.05) is 13.2 Å². The molecular weight excluding hydrogens is 246 g/mol. The molecule has 1 saturated heterocycles. The zero-order valence-electron chi connectivity index (χ0n) is 10.7. The monoisotopic (exact) mass is 261 g/mol. The van der Waals surface area contributed by atoms with Crippen LogP contribution in [0.25, 0.3) is 5.78 Å². The van der Waals surface area contributed by atoms with Crippen molar-refractivity contribution in [2.24, 2.45) is 0 Å². The average molecular weight is 261 g/mol. The largest absolute Gasteiger partial charge is 0.394 e. The Hall–Kier alpha value is -2.02. The Bertz CT molecular complexity index is 624. The van der Waals surface area contributed by atoms with E-state index in [0.717, 1.165) is 18.5 Å². The number of aliphatic hydroxyl groups is 1. The van der Waals surface area contributed by atoms with E-state index in [1.165, 1.54) is 12.5 Å². The zero-order chi connectivity index (χ0) is 13.4. The van der Waals surface area contributed by atoms with E-state index in [1.807, 2.05) is 6.92 Å². The molecule has 1 atom stereocenters. The lowest BCUT2D eigenvalue weighted by Gasteiger charge is -2.23. The van der Waals surface area contributed by atoms with Gasteiger partial charge in [0.1, 0.15) is 6.33 Å². The Morgan fingerprint density at radius 3 is 3.16 bits per heavy atom. The fourth-order valence-corrected chi connectivity index (χ4v) is 2.55. The Morgan fingerprint density at radius 1 is 1.53 bits per heavy atom. The summed E-state index contributed by atoms with van der Waals surface area (Å²) in [7, 11) is 0. The van der Waals surface area contributed by atoms with Crippen molar-refractivity contribution >= 4 is 11.7 Å². The molecule has 1 aliphatic heterocycles. The molecule has 0 bridgehead atoms. The minimum Gasteiger partial charge on any atom is -0.394 e. The maximum atomic E-state index is 12.5. The molecule has 7 nitrogen and oxygen atoms in total. The first-order chi connectivity index (χ1) is 9.22. The van der Waals surface area contributed by atoms with Gasteiger partial charge >= 0.3 is 0 Å². The summed E-state index contributed by atoms with van der Waals surface area (Å²) in [5.74, 6) is 0.383. The quantitative estimate of drug-likeness (QED) is 0.824. The topological polar surface area (TPSA) is 83.6 Å². The number of hydrogen-bond acceptors (Lipinski definition) is 5. The predicted octanol–water partition coefficient (Wildman–Crippen LogP) is 0.0296. The van der Waals surface area contributed by atoms with Gasteiger partial charge in [0.25, 0.3) is 11.7 Å². The van der Waals surface area contributed by atoms with Gasteiger partial charge in [0.15, 0.2) is 0 Å². The van der Waals surface area contributed by atoms with Crippen LogP contribution in [0.4, 0.5) is 0 Å². The van der Waals surface area contributed by atoms with Gasteiger partial charge in [-0.3, -0.25) is 4.79 Å². The van der Waals surface area contributed by atoms with E-state index < -0.39 is 0 Å². The maximum absolute atomic E-state index is 12.5. The normalized spacial score (nSPS) is 19.3. The third-order valence-electron chi connectivity index (χ3n) is 3.63. The minimum absolute atomic E-state index is 0.00376. The first kappa shape index (κ1) is 12.0. The fraction of sp³-hybridized carbons (Fsp3) is 0.500. The Kier molecular flexibility index (Phi) is 2.90. The van der Waals surface area contributed by atoms with Crippen LogP contribution in [0.15, 0.2) is 12.5 Å². The molecule has 7 heteroatoms. The van der Waals surface area contributed by atoms with Gasteiger partial charge in [-0.15, -0.1) is 0 Å². The Morgan fingerprint density at radius 2 is 2.37 bits per heavy atom. The van der Waals surface area contributed by atoms with Gasteiger partial charge in [-0.1, -0.05) is 0 Å². The van der Waals surface area contributed by atoms with E-state index in [9.17, 15) is 9.90 Å². The van der Waals surface area contributed by atoms with Gasteiger partial charge in [-0.25, -0.2) is 9.50 Å². The van der Waals surface area contributed by atoms with Crippen LogP contribution < -0.4 is 0 Å². The number of carbonyl (C=O) groups excluding carboxylic acids is 1. The number of rotatable bonds is 2. The molecule has 1 N–H and O–H groups in total. The van der Waals surface area contributed by atoms with Crippen LogP contribution in [0, 0.1) is 6.92 Å². The highest BCUT2D eigenvalue weighted by molar-refractivity contribution is 5.95. The molecule has 0 saturated carbocycles. The number of likely N-dealkylation sites (tertiary alicyclic amines) is 1. The molecule has 3 rings (SSSR count). The molecule has 3 heterocycles. The van der Waals surface area contributed by atoms with E-state index in [2.05, 4.69) is 15.1 Å². The number of aliphatic hydroxyl groups excluding tert-OH is 1. The Balaban J connectivity index is 1.99. The smallest absolute Gasteiger partial charge is 0.257 e. The summed E-state index contributed by atoms with van der Waals surface area (Å²) >= 11 is 0. The predicted molar refractivity (Wildman–Crippen MR) is 66.7 cm³/mol. The summed E-state index contributed by atoms with van der Waals surface area (Å²) in [6, 6.07) is -0.0849. The van der Waals surface area contributed by atoms with Crippen LogP contribution in [-0.4, -0.2) is 54.7 Å². The first-order valence-corrected chi connectivity index (χ1v) is 6.29. The number of nitrogens with zero attached hydrogens (tertiary/aromatic N) is 5. The van der Waals surface area contributed by atoms with Gasteiger partial charge in [0.2, 0.25) is 0 Å². The number of hydrogen-bond donors (Lipinski definition) is 1. The highest BCUT2D eigenvalue weighted by atomic mass is 16.3. The fourth-order valence-electron chi connectivity index (χ4n) is 2.55. The van der Waals surface area contributed by atoms with Crippen molar-refractivity contribution in [3.8, 4) is 0 Å². The number of aryl methyl sites for hydroxylation is 1. The molecule has 2 aromatic heterocycles. The SMILES string of the molecule is Cc1c(C(=O)N2CCCC2CO)cnc2ncnn12. The highest BCUT2D eigenvalue weighted by Gasteiger charge is 2.30. The molecular formula is C12H15N5O2. The van der Waals surface area contributed by atoms with E-state index in [1.54, 1.807) is 9.42 Å². The maximum Gasteiger partial charge on any atom is 0.257 e. The van der Waals surface area contributed by atoms with Crippen molar-refractivity contribution < 1.29 is 9.90 Å². The average Bonchev–Trinajstić information content (AvgIpc) is 3.07. The minimum atomic E-state index is -0.0982. The second-order valence-corrected chi connectivity index (χ2v) is 4.71. The molecule has 19 heavy (non-hydrogen) atoms. The molecule has 1 aliphatic rings. The van der Waals surface area contributed by atoms with Gasteiger partial charge in [-0.2, -0.15) is 10.1 Å². The van der Waals surface area contributed by atoms with Crippen LogP contribution in [-0.2, 0) is 0 Å². The zero-order valence-corrected chi connectivity index (χ0v) is 10.7. The van der Waals surface area contributed by atoms with Gasteiger partial charge in [0, 0.05) is 12.7 Å². The molecule has 100 valence electrons. The number of aromatic nitrogens is 4. The van der Waals surface area contributed by atoms with Gasteiger partial charge < -0.3 is 10.0 Å². The van der Waals surface area contributed by atoms with Crippen LogP contribution in [0.2, 0.25) is 0 Å². The van der Waals surface area contributed by atoms with Gasteiger partial charge in [0.05, 0.1) is 23.9 Å².